The molecule has 0 atom stereocenters. The van der Waals surface area contributed by atoms with Crippen LogP contribution >= 0.6 is 0 Å². The predicted molar refractivity (Wildman–Crippen MR) is 325 cm³/mol. The van der Waals surface area contributed by atoms with Crippen LogP contribution in [0.5, 0.6) is 0 Å². The Balaban J connectivity index is -0.000000788. The van der Waals surface area contributed by atoms with E-state index in [1.165, 1.54) is 13.8 Å². The van der Waals surface area contributed by atoms with Gasteiger partial charge in [-0.25, -0.2) is 28.8 Å². The molecule has 94 heavy (non-hydrogen) atoms. The highest BCUT2D eigenvalue weighted by Crippen LogP contribution is 2.24. The minimum Gasteiger partial charge on any atom is -0.542 e. The Hall–Kier alpha value is -7.98. The van der Waals surface area contributed by atoms with Gasteiger partial charge in [0.05, 0.1) is 52.6 Å². The van der Waals surface area contributed by atoms with Crippen LogP contribution in [0.3, 0.4) is 0 Å². The van der Waals surface area contributed by atoms with Gasteiger partial charge in [0.2, 0.25) is 0 Å². The van der Waals surface area contributed by atoms with Gasteiger partial charge in [0.25, 0.3) is 0 Å². The van der Waals surface area contributed by atoms with Crippen molar-refractivity contribution in [3.05, 3.63) is 93.1 Å². The number of aliphatic hydroxyl groups is 4. The number of nitrogens with two attached hydrogens (primary N) is 2. The summed E-state index contributed by atoms with van der Waals surface area (Å²) in [6, 6.07) is 14.7. The number of esters is 2. The molecule has 0 aromatic heterocycles. The van der Waals surface area contributed by atoms with E-state index in [9.17, 15) is 61.7 Å². The smallest absolute Gasteiger partial charge is 0.508 e. The van der Waals surface area contributed by atoms with E-state index in [-0.39, 0.29) is 115 Å². The first-order valence-electron chi connectivity index (χ1n) is 28.5. The van der Waals surface area contributed by atoms with E-state index in [4.69, 9.17) is 77.0 Å². The minimum absolute atomic E-state index is 0. The van der Waals surface area contributed by atoms with E-state index in [0.717, 1.165) is 26.5 Å². The van der Waals surface area contributed by atoms with E-state index in [2.05, 4.69) is 0 Å². The van der Waals surface area contributed by atoms with Crippen LogP contribution in [0.1, 0.15) is 77.6 Å². The lowest BCUT2D eigenvalue weighted by Crippen LogP contribution is -2.86. The van der Waals surface area contributed by atoms with E-state index in [1.54, 1.807) is 64.3 Å². The number of ether oxygens (including phenoxy) is 12. The van der Waals surface area contributed by atoms with Gasteiger partial charge >= 0.3 is 54.9 Å². The maximum atomic E-state index is 13.2. The average Bonchev–Trinajstić information content (AvgIpc) is 0.904. The van der Waals surface area contributed by atoms with Gasteiger partial charge in [-0.1, -0.05) is 59.7 Å². The van der Waals surface area contributed by atoms with Crippen LogP contribution in [0, 0.1) is 47.0 Å². The number of halogens is 3. The van der Waals surface area contributed by atoms with Crippen LogP contribution < -0.4 is 15.7 Å². The predicted octanol–water partition coefficient (Wildman–Crippen LogP) is 2.92. The molecule has 0 aliphatic rings. The summed E-state index contributed by atoms with van der Waals surface area (Å²) in [5.74, 6) is -4.59. The summed E-state index contributed by atoms with van der Waals surface area (Å²) in [6.07, 6.45) is -10.9. The van der Waals surface area contributed by atoms with E-state index in [0.29, 0.717) is 31.7 Å². The molecule has 2 amide bonds. The topological polar surface area (TPSA) is 408 Å². The van der Waals surface area contributed by atoms with Crippen molar-refractivity contribution < 1.29 is 149 Å². The lowest BCUT2D eigenvalue weighted by molar-refractivity contribution is -0.657. The Morgan fingerprint density at radius 2 is 0.702 bits per heavy atom. The maximum Gasteiger partial charge on any atom is 0.508 e. The SMILES string of the molecule is Cc1ccc(COC(=O)C(C)(COC(=O)OCCN(CCO)C(=O)OC(C)(C)C)COC(=O)OCCN(CCO)C(=O)OC(C)(C)C)cc1.Cc1ccc(COC(=O)C(C)(COC(=O)OCC[NH2+]CCO)COC(=O)OCC[NH2+]CCO)cc1.O=C([O-])C(F)(F)F.[CH3-].[CH3-].[CH3-]. The fourth-order valence-electron chi connectivity index (χ4n) is 6.26. The number of aliphatic hydroxyl groups excluding tert-OH is 4. The van der Waals surface area contributed by atoms with E-state index in [1.807, 2.05) is 50.2 Å². The summed E-state index contributed by atoms with van der Waals surface area (Å²) in [6.45, 7) is 14.8. The van der Waals surface area contributed by atoms with Crippen molar-refractivity contribution in [1.82, 2.24) is 9.80 Å². The molecule has 0 saturated heterocycles. The second-order valence-electron chi connectivity index (χ2n) is 22.1. The molecule has 542 valence electrons. The van der Waals surface area contributed by atoms with Crippen LogP contribution in [0.25, 0.3) is 0 Å². The quantitative estimate of drug-likeness (QED) is 0.0254. The third kappa shape index (κ3) is 44.5. The number of carbonyl (C=O) groups excluding carboxylic acids is 9. The number of hydrogen-bond acceptors (Lipinski definition) is 26. The molecule has 0 fully saturated rings. The number of aryl methyl sites for hydroxylation is 2. The highest BCUT2D eigenvalue weighted by molar-refractivity contribution is 5.78. The molecule has 0 bridgehead atoms. The van der Waals surface area contributed by atoms with Crippen LogP contribution in [-0.2, 0) is 84.4 Å². The van der Waals surface area contributed by atoms with Gasteiger partial charge in [-0.3, -0.25) is 9.59 Å². The summed E-state index contributed by atoms with van der Waals surface area (Å²) < 4.78 is 93.4. The summed E-state index contributed by atoms with van der Waals surface area (Å²) in [7, 11) is 0. The number of quaternary nitrogens is 2. The Morgan fingerprint density at radius 3 is 0.947 bits per heavy atom. The van der Waals surface area contributed by atoms with Crippen molar-refractivity contribution in [2.45, 2.75) is 99.8 Å². The molecule has 0 unspecified atom stereocenters. The lowest BCUT2D eigenvalue weighted by Gasteiger charge is -2.27. The monoisotopic (exact) mass is 1360 g/mol. The van der Waals surface area contributed by atoms with E-state index < -0.39 is 109 Å². The largest absolute Gasteiger partial charge is 0.542 e. The number of alkyl halides is 3. The minimum atomic E-state index is -5.19. The van der Waals surface area contributed by atoms with Gasteiger partial charge < -0.3 is 130 Å². The number of carboxylic acid groups (broad SMARTS) is 1. The molecule has 2 rings (SSSR count). The Bertz CT molecular complexity index is 2400. The molecule has 0 spiro atoms. The third-order valence-corrected chi connectivity index (χ3v) is 11.2. The second-order valence-corrected chi connectivity index (χ2v) is 22.1. The Labute approximate surface area is 547 Å². The molecule has 30 nitrogen and oxygen atoms in total. The van der Waals surface area contributed by atoms with Gasteiger partial charge in [0.1, 0.15) is 107 Å². The molecule has 0 radical (unpaired) electrons. The van der Waals surface area contributed by atoms with Crippen molar-refractivity contribution in [3.8, 4) is 0 Å². The Kier molecular flexibility index (Phi) is 47.9. The molecule has 8 N–H and O–H groups in total. The molecule has 0 aliphatic carbocycles. The van der Waals surface area contributed by atoms with Crippen molar-refractivity contribution in [2.75, 3.05) is 132 Å². The molecule has 2 aromatic rings. The first-order valence-corrected chi connectivity index (χ1v) is 28.5. The lowest BCUT2D eigenvalue weighted by atomic mass is 9.93. The Morgan fingerprint density at radius 1 is 0.426 bits per heavy atom. The highest BCUT2D eigenvalue weighted by atomic mass is 19.4. The zero-order valence-electron chi connectivity index (χ0n) is 56.1. The standard InChI is InChI=1S/C33H52N2O14.C23H36N2O10.C2HF3O2.3CH3/c1-24-9-11-25(12-10-24)21-45-26(38)33(8,22-46-29(41)43-19-15-34(13-17-36)27(39)48-31(2,3)4)23-47-30(42)44-20-16-35(14-18-37)28(40)49-32(5,6)7;1-18-3-5-19(6-4-18)15-33-20(28)23(2,16-34-21(29)31-13-9-24-7-11-26)17-35-22(30)32-14-10-25-8-12-27;3-2(4,5)1(6)7;;;/h9-12,36-37H,13-23H2,1-8H3;3-6,24-27H,7-17H2,1-2H3;(H,6,7);3*1H3/q;;;3*-1/p+1. The number of rotatable bonds is 34. The number of hydrogen-bond donors (Lipinski definition) is 6. The van der Waals surface area contributed by atoms with Crippen molar-refractivity contribution in [2.24, 2.45) is 10.8 Å². The van der Waals surface area contributed by atoms with Crippen molar-refractivity contribution in [3.63, 3.8) is 0 Å². The van der Waals surface area contributed by atoms with Crippen LogP contribution in [-0.4, -0.2) is 234 Å². The van der Waals surface area contributed by atoms with Gasteiger partial charge in [-0.15, -0.1) is 0 Å². The summed E-state index contributed by atoms with van der Waals surface area (Å²) in [5, 5.41) is 48.4. The molecule has 0 heterocycles. The van der Waals surface area contributed by atoms with Crippen molar-refractivity contribution >= 4 is 54.7 Å². The second kappa shape index (κ2) is 48.7. The van der Waals surface area contributed by atoms with Gasteiger partial charge in [0.15, 0.2) is 0 Å². The maximum absolute atomic E-state index is 13.2. The van der Waals surface area contributed by atoms with Crippen molar-refractivity contribution in [1.29, 1.82) is 0 Å². The summed E-state index contributed by atoms with van der Waals surface area (Å²) in [4.78, 5) is 111. The van der Waals surface area contributed by atoms with Crippen LogP contribution in [0.4, 0.5) is 41.9 Å². The van der Waals surface area contributed by atoms with Gasteiger partial charge in [-0.05, 0) is 80.4 Å². The van der Waals surface area contributed by atoms with Gasteiger partial charge in [0, 0.05) is 13.1 Å². The zero-order valence-corrected chi connectivity index (χ0v) is 56.1. The number of amides is 2. The first kappa shape index (κ1) is 92.4. The number of carboxylic acids is 1. The van der Waals surface area contributed by atoms with Gasteiger partial charge in [-0.2, -0.15) is 13.2 Å². The van der Waals surface area contributed by atoms with Crippen LogP contribution in [0.15, 0.2) is 48.5 Å². The summed E-state index contributed by atoms with van der Waals surface area (Å²) >= 11 is 0. The normalized spacial score (nSPS) is 10.9. The summed E-state index contributed by atoms with van der Waals surface area (Å²) in [5.41, 5.74) is -1.24. The first-order chi connectivity index (χ1) is 42.5. The number of aliphatic carboxylic acids is 1. The number of benzene rings is 2. The number of carbonyl (C=O) groups is 9. The number of nitrogens with zero attached hydrogens (tertiary/aromatic N) is 2. The molecule has 0 aliphatic heterocycles. The molecular formula is C61H99F3N4O26-2. The fraction of sp³-hybridized carbons (Fsp3) is 0.607. The molecule has 0 saturated carbocycles. The zero-order chi connectivity index (χ0) is 69.3. The van der Waals surface area contributed by atoms with Crippen LogP contribution in [0.2, 0.25) is 0 Å². The van der Waals surface area contributed by atoms with E-state index >= 15 is 0 Å². The molecule has 2 aromatic carbocycles. The molecular weight excluding hydrogens is 1260 g/mol. The molecule has 33 heteroatoms. The average molecular weight is 1360 g/mol. The third-order valence-electron chi connectivity index (χ3n) is 11.2. The fourth-order valence-corrected chi connectivity index (χ4v) is 6.26. The highest BCUT2D eigenvalue weighted by Gasteiger charge is 2.41.